The van der Waals surface area contributed by atoms with E-state index < -0.39 is 0 Å². The van der Waals surface area contributed by atoms with Gasteiger partial charge in [0.15, 0.2) is 0 Å². The summed E-state index contributed by atoms with van der Waals surface area (Å²) in [5.41, 5.74) is 4.34. The molecule has 0 aliphatic heterocycles. The van der Waals surface area contributed by atoms with E-state index in [1.807, 2.05) is 24.3 Å². The van der Waals surface area contributed by atoms with Crippen molar-refractivity contribution in [3.05, 3.63) is 101 Å². The second-order valence-corrected chi connectivity index (χ2v) is 6.70. The van der Waals surface area contributed by atoms with Gasteiger partial charge in [-0.1, -0.05) is 67.7 Å². The summed E-state index contributed by atoms with van der Waals surface area (Å²) in [7, 11) is 0. The minimum Gasteiger partial charge on any atom is -0.489 e. The Balaban J connectivity index is 1.56. The van der Waals surface area contributed by atoms with E-state index >= 15 is 0 Å². The second kappa shape index (κ2) is 9.28. The zero-order valence-corrected chi connectivity index (χ0v) is 16.1. The zero-order valence-electron chi connectivity index (χ0n) is 15.2. The third-order valence-electron chi connectivity index (χ3n) is 4.30. The molecule has 0 heterocycles. The topological polar surface area (TPSA) is 21.3 Å². The minimum atomic E-state index is -0.249. The molecule has 0 radical (unpaired) electrons. The Morgan fingerprint density at radius 2 is 1.59 bits per heavy atom. The SMILES string of the molecule is CCc1ccc(CNC(=S)c2cccc(OCc3ccc(F)cc3)c2)cc1. The van der Waals surface area contributed by atoms with Crippen LogP contribution in [0.25, 0.3) is 0 Å². The lowest BCUT2D eigenvalue weighted by atomic mass is 10.1. The number of halogens is 1. The largest absolute Gasteiger partial charge is 0.489 e. The summed E-state index contributed by atoms with van der Waals surface area (Å²) in [5.74, 6) is 0.481. The van der Waals surface area contributed by atoms with Crippen LogP contribution in [-0.4, -0.2) is 4.99 Å². The Kier molecular flexibility index (Phi) is 6.55. The van der Waals surface area contributed by atoms with Gasteiger partial charge < -0.3 is 10.1 Å². The van der Waals surface area contributed by atoms with Crippen LogP contribution in [0.4, 0.5) is 4.39 Å². The van der Waals surface area contributed by atoms with E-state index in [2.05, 4.69) is 36.5 Å². The van der Waals surface area contributed by atoms with Crippen LogP contribution in [0, 0.1) is 5.82 Å². The molecule has 0 aliphatic carbocycles. The highest BCUT2D eigenvalue weighted by atomic mass is 32.1. The summed E-state index contributed by atoms with van der Waals surface area (Å²) in [5, 5.41) is 3.29. The van der Waals surface area contributed by atoms with Gasteiger partial charge in [-0.3, -0.25) is 0 Å². The molecule has 27 heavy (non-hydrogen) atoms. The van der Waals surface area contributed by atoms with Crippen molar-refractivity contribution in [1.82, 2.24) is 5.32 Å². The van der Waals surface area contributed by atoms with Crippen molar-refractivity contribution in [3.8, 4) is 5.75 Å². The van der Waals surface area contributed by atoms with E-state index in [-0.39, 0.29) is 5.82 Å². The Morgan fingerprint density at radius 3 is 2.30 bits per heavy atom. The van der Waals surface area contributed by atoms with Gasteiger partial charge in [-0.05, 0) is 47.4 Å². The van der Waals surface area contributed by atoms with Crippen molar-refractivity contribution in [2.75, 3.05) is 0 Å². The van der Waals surface area contributed by atoms with Crippen LogP contribution >= 0.6 is 12.2 Å². The van der Waals surface area contributed by atoms with Crippen LogP contribution < -0.4 is 10.1 Å². The number of benzene rings is 3. The Labute approximate surface area is 165 Å². The quantitative estimate of drug-likeness (QED) is 0.553. The summed E-state index contributed by atoms with van der Waals surface area (Å²) in [6.07, 6.45) is 1.04. The fraction of sp³-hybridized carbons (Fsp3) is 0.174. The monoisotopic (exact) mass is 379 g/mol. The van der Waals surface area contributed by atoms with Crippen LogP contribution in [0.5, 0.6) is 5.75 Å². The van der Waals surface area contributed by atoms with Crippen molar-refractivity contribution < 1.29 is 9.13 Å². The number of rotatable bonds is 7. The first-order chi connectivity index (χ1) is 13.1. The van der Waals surface area contributed by atoms with E-state index in [1.165, 1.54) is 23.3 Å². The highest BCUT2D eigenvalue weighted by Gasteiger charge is 2.04. The molecular formula is C23H22FNOS. The molecule has 0 bridgehead atoms. The molecule has 3 aromatic carbocycles. The van der Waals surface area contributed by atoms with Crippen molar-refractivity contribution in [2.45, 2.75) is 26.5 Å². The van der Waals surface area contributed by atoms with E-state index in [0.717, 1.165) is 23.3 Å². The molecule has 0 atom stereocenters. The fourth-order valence-electron chi connectivity index (χ4n) is 2.65. The van der Waals surface area contributed by atoms with Crippen LogP contribution in [0.3, 0.4) is 0 Å². The first kappa shape index (κ1) is 19.1. The minimum absolute atomic E-state index is 0.249. The summed E-state index contributed by atoms with van der Waals surface area (Å²) >= 11 is 5.51. The summed E-state index contributed by atoms with van der Waals surface area (Å²) in [6, 6.07) is 22.5. The normalized spacial score (nSPS) is 10.4. The third kappa shape index (κ3) is 5.63. The van der Waals surface area contributed by atoms with E-state index in [0.29, 0.717) is 18.1 Å². The molecule has 4 heteroatoms. The zero-order chi connectivity index (χ0) is 19.1. The van der Waals surface area contributed by atoms with E-state index in [9.17, 15) is 4.39 Å². The van der Waals surface area contributed by atoms with Crippen LogP contribution in [0.1, 0.15) is 29.2 Å². The fourth-order valence-corrected chi connectivity index (χ4v) is 2.85. The molecule has 1 N–H and O–H groups in total. The lowest BCUT2D eigenvalue weighted by Gasteiger charge is -2.11. The lowest BCUT2D eigenvalue weighted by molar-refractivity contribution is 0.306. The van der Waals surface area contributed by atoms with Crippen molar-refractivity contribution in [1.29, 1.82) is 0 Å². The summed E-state index contributed by atoms with van der Waals surface area (Å²) < 4.78 is 18.8. The molecule has 0 fully saturated rings. The molecule has 0 spiro atoms. The molecule has 3 aromatic rings. The van der Waals surface area contributed by atoms with Gasteiger partial charge in [0.2, 0.25) is 0 Å². The average Bonchev–Trinajstić information content (AvgIpc) is 2.72. The van der Waals surface area contributed by atoms with Crippen molar-refractivity contribution in [2.24, 2.45) is 0 Å². The van der Waals surface area contributed by atoms with E-state index in [1.54, 1.807) is 12.1 Å². The number of thiocarbonyl (C=S) groups is 1. The van der Waals surface area contributed by atoms with Crippen molar-refractivity contribution >= 4 is 17.2 Å². The molecule has 138 valence electrons. The molecule has 2 nitrogen and oxygen atoms in total. The second-order valence-electron chi connectivity index (χ2n) is 6.30. The first-order valence-corrected chi connectivity index (χ1v) is 9.38. The van der Waals surface area contributed by atoms with Gasteiger partial charge >= 0.3 is 0 Å². The van der Waals surface area contributed by atoms with Gasteiger partial charge in [-0.2, -0.15) is 0 Å². The number of hydrogen-bond donors (Lipinski definition) is 1. The number of ether oxygens (including phenoxy) is 1. The van der Waals surface area contributed by atoms with Gasteiger partial charge in [-0.25, -0.2) is 4.39 Å². The molecule has 0 aliphatic rings. The third-order valence-corrected chi connectivity index (χ3v) is 4.68. The van der Waals surface area contributed by atoms with Gasteiger partial charge in [0.25, 0.3) is 0 Å². The standard InChI is InChI=1S/C23H22FNOS/c1-2-17-6-8-18(9-7-17)15-25-23(27)20-4-3-5-22(14-20)26-16-19-10-12-21(24)13-11-19/h3-14H,2,15-16H2,1H3,(H,25,27). The van der Waals surface area contributed by atoms with Gasteiger partial charge in [-0.15, -0.1) is 0 Å². The summed E-state index contributed by atoms with van der Waals surface area (Å²) in [4.78, 5) is 0.682. The molecule has 0 saturated carbocycles. The van der Waals surface area contributed by atoms with Gasteiger partial charge in [0, 0.05) is 12.1 Å². The predicted molar refractivity (Wildman–Crippen MR) is 112 cm³/mol. The average molecular weight is 380 g/mol. The number of nitrogens with one attached hydrogen (secondary N) is 1. The highest BCUT2D eigenvalue weighted by molar-refractivity contribution is 7.80. The number of hydrogen-bond acceptors (Lipinski definition) is 2. The molecule has 0 saturated heterocycles. The smallest absolute Gasteiger partial charge is 0.123 e. The molecular weight excluding hydrogens is 357 g/mol. The maximum atomic E-state index is 13.0. The molecule has 0 amide bonds. The summed E-state index contributed by atoms with van der Waals surface area (Å²) in [6.45, 7) is 3.21. The maximum absolute atomic E-state index is 13.0. The molecule has 0 unspecified atom stereocenters. The first-order valence-electron chi connectivity index (χ1n) is 8.97. The predicted octanol–water partition coefficient (Wildman–Crippen LogP) is 5.43. The Morgan fingerprint density at radius 1 is 0.926 bits per heavy atom. The van der Waals surface area contributed by atoms with Gasteiger partial charge in [0.05, 0.1) is 0 Å². The highest BCUT2D eigenvalue weighted by Crippen LogP contribution is 2.16. The molecule has 0 aromatic heterocycles. The van der Waals surface area contributed by atoms with Crippen molar-refractivity contribution in [3.63, 3.8) is 0 Å². The lowest BCUT2D eigenvalue weighted by Crippen LogP contribution is -2.21. The van der Waals surface area contributed by atoms with E-state index in [4.69, 9.17) is 17.0 Å². The Hall–Kier alpha value is -2.72. The Bertz CT molecular complexity index is 891. The molecule has 3 rings (SSSR count). The number of aryl methyl sites for hydroxylation is 1. The van der Waals surface area contributed by atoms with Crippen LogP contribution in [0.2, 0.25) is 0 Å². The van der Waals surface area contributed by atoms with Crippen LogP contribution in [-0.2, 0) is 19.6 Å². The maximum Gasteiger partial charge on any atom is 0.123 e. The van der Waals surface area contributed by atoms with Crippen LogP contribution in [0.15, 0.2) is 72.8 Å². The van der Waals surface area contributed by atoms with Gasteiger partial charge in [0.1, 0.15) is 23.2 Å².